The van der Waals surface area contributed by atoms with Gasteiger partial charge < -0.3 is 5.11 Å². The molecule has 7 heteroatoms. The standard InChI is InChI=1S/C17H12N4O2S/c1-9-4-2-6-11-12(9)20-21-13(11)16-19-14(17(22)23)15(24-16)10-5-3-7-18-8-10/h2-8H,1H3,(H,20,21)(H,22,23). The smallest absolute Gasteiger partial charge is 0.356 e. The number of aromatic carboxylic acids is 1. The van der Waals surface area contributed by atoms with E-state index in [2.05, 4.69) is 20.2 Å². The van der Waals surface area contributed by atoms with Crippen LogP contribution in [0, 0.1) is 6.92 Å². The molecular formula is C17H12N4O2S. The molecule has 0 spiro atoms. The Labute approximate surface area is 140 Å². The minimum absolute atomic E-state index is 0.0202. The summed E-state index contributed by atoms with van der Waals surface area (Å²) >= 11 is 1.30. The first-order chi connectivity index (χ1) is 11.6. The Morgan fingerprint density at radius 3 is 2.88 bits per heavy atom. The van der Waals surface area contributed by atoms with Crippen molar-refractivity contribution in [1.29, 1.82) is 0 Å². The van der Waals surface area contributed by atoms with E-state index in [0.29, 0.717) is 15.6 Å². The Balaban J connectivity index is 1.93. The van der Waals surface area contributed by atoms with Gasteiger partial charge in [-0.25, -0.2) is 9.78 Å². The Bertz CT molecular complexity index is 1050. The average molecular weight is 336 g/mol. The van der Waals surface area contributed by atoms with Crippen LogP contribution in [0.3, 0.4) is 0 Å². The summed E-state index contributed by atoms with van der Waals surface area (Å²) in [5.41, 5.74) is 3.43. The number of carboxylic acid groups (broad SMARTS) is 1. The first kappa shape index (κ1) is 14.5. The number of fused-ring (bicyclic) bond motifs is 1. The summed E-state index contributed by atoms with van der Waals surface area (Å²) in [6.07, 6.45) is 3.28. The monoisotopic (exact) mass is 336 g/mol. The van der Waals surface area contributed by atoms with Gasteiger partial charge in [0.15, 0.2) is 5.69 Å². The summed E-state index contributed by atoms with van der Waals surface area (Å²) in [5, 5.41) is 18.3. The topological polar surface area (TPSA) is 91.8 Å². The molecule has 0 unspecified atom stereocenters. The zero-order valence-corrected chi connectivity index (χ0v) is 13.5. The molecule has 0 aliphatic rings. The number of hydrogen-bond acceptors (Lipinski definition) is 5. The molecule has 4 rings (SSSR count). The van der Waals surface area contributed by atoms with Crippen LogP contribution in [0.2, 0.25) is 0 Å². The molecule has 0 aliphatic carbocycles. The molecule has 0 saturated carbocycles. The maximum atomic E-state index is 11.6. The molecule has 118 valence electrons. The summed E-state index contributed by atoms with van der Waals surface area (Å²) in [6.45, 7) is 2.00. The molecular weight excluding hydrogens is 324 g/mol. The van der Waals surface area contributed by atoms with Gasteiger partial charge in [-0.05, 0) is 18.6 Å². The molecule has 0 aliphatic heterocycles. The maximum Gasteiger partial charge on any atom is 0.356 e. The Morgan fingerprint density at radius 1 is 1.25 bits per heavy atom. The van der Waals surface area contributed by atoms with Crippen LogP contribution in [-0.4, -0.2) is 31.2 Å². The number of aromatic amines is 1. The number of para-hydroxylation sites is 1. The van der Waals surface area contributed by atoms with E-state index in [1.165, 1.54) is 11.3 Å². The van der Waals surface area contributed by atoms with Crippen molar-refractivity contribution in [3.8, 4) is 21.1 Å². The Hall–Kier alpha value is -3.06. The fourth-order valence-corrected chi connectivity index (χ4v) is 3.66. The molecule has 0 bridgehead atoms. The van der Waals surface area contributed by atoms with Crippen molar-refractivity contribution in [2.75, 3.05) is 0 Å². The van der Waals surface area contributed by atoms with Crippen LogP contribution >= 0.6 is 11.3 Å². The highest BCUT2D eigenvalue weighted by Gasteiger charge is 2.22. The molecule has 0 atom stereocenters. The van der Waals surface area contributed by atoms with E-state index >= 15 is 0 Å². The number of rotatable bonds is 3. The number of aromatic nitrogens is 4. The predicted molar refractivity (Wildman–Crippen MR) is 92.1 cm³/mol. The summed E-state index contributed by atoms with van der Waals surface area (Å²) in [7, 11) is 0. The van der Waals surface area contributed by atoms with Gasteiger partial charge in [0.05, 0.1) is 10.4 Å². The zero-order chi connectivity index (χ0) is 16.7. The summed E-state index contributed by atoms with van der Waals surface area (Å²) in [6, 6.07) is 9.49. The third-order valence-electron chi connectivity index (χ3n) is 3.76. The normalized spacial score (nSPS) is 11.0. The summed E-state index contributed by atoms with van der Waals surface area (Å²) in [5.74, 6) is -1.06. The number of carbonyl (C=O) groups is 1. The van der Waals surface area contributed by atoms with Gasteiger partial charge >= 0.3 is 5.97 Å². The molecule has 4 aromatic rings. The lowest BCUT2D eigenvalue weighted by molar-refractivity contribution is 0.0692. The van der Waals surface area contributed by atoms with Crippen LogP contribution in [0.5, 0.6) is 0 Å². The lowest BCUT2D eigenvalue weighted by Crippen LogP contribution is -1.98. The zero-order valence-electron chi connectivity index (χ0n) is 12.6. The number of aryl methyl sites for hydroxylation is 1. The van der Waals surface area contributed by atoms with Gasteiger partial charge in [-0.3, -0.25) is 10.1 Å². The minimum Gasteiger partial charge on any atom is -0.476 e. The number of nitrogens with zero attached hydrogens (tertiary/aromatic N) is 3. The van der Waals surface area contributed by atoms with Crippen molar-refractivity contribution in [2.45, 2.75) is 6.92 Å². The first-order valence-electron chi connectivity index (χ1n) is 7.23. The first-order valence-corrected chi connectivity index (χ1v) is 8.05. The van der Waals surface area contributed by atoms with Crippen molar-refractivity contribution >= 4 is 28.2 Å². The number of hydrogen-bond donors (Lipinski definition) is 2. The second-order valence-corrected chi connectivity index (χ2v) is 6.31. The van der Waals surface area contributed by atoms with E-state index < -0.39 is 5.97 Å². The van der Waals surface area contributed by atoms with E-state index in [4.69, 9.17) is 0 Å². The molecule has 24 heavy (non-hydrogen) atoms. The number of pyridine rings is 1. The highest BCUT2D eigenvalue weighted by atomic mass is 32.1. The van der Waals surface area contributed by atoms with Gasteiger partial charge in [0, 0.05) is 23.3 Å². The molecule has 2 N–H and O–H groups in total. The molecule has 3 aromatic heterocycles. The van der Waals surface area contributed by atoms with Crippen molar-refractivity contribution in [2.24, 2.45) is 0 Å². The predicted octanol–water partition coefficient (Wildman–Crippen LogP) is 3.76. The van der Waals surface area contributed by atoms with Crippen LogP contribution in [0.25, 0.3) is 32.0 Å². The molecule has 0 saturated heterocycles. The number of nitrogens with one attached hydrogen (secondary N) is 1. The average Bonchev–Trinajstić information content (AvgIpc) is 3.20. The van der Waals surface area contributed by atoms with Crippen molar-refractivity contribution in [3.63, 3.8) is 0 Å². The second-order valence-electron chi connectivity index (χ2n) is 5.31. The second kappa shape index (κ2) is 5.54. The Kier molecular flexibility index (Phi) is 3.35. The lowest BCUT2D eigenvalue weighted by atomic mass is 10.1. The van der Waals surface area contributed by atoms with Gasteiger partial charge in [-0.15, -0.1) is 11.3 Å². The number of thiazole rings is 1. The summed E-state index contributed by atoms with van der Waals surface area (Å²) < 4.78 is 0. The molecule has 6 nitrogen and oxygen atoms in total. The van der Waals surface area contributed by atoms with Crippen LogP contribution in [0.15, 0.2) is 42.7 Å². The van der Waals surface area contributed by atoms with Crippen LogP contribution in [-0.2, 0) is 0 Å². The van der Waals surface area contributed by atoms with Crippen molar-refractivity contribution < 1.29 is 9.90 Å². The molecule has 3 heterocycles. The number of benzene rings is 1. The Morgan fingerprint density at radius 2 is 2.12 bits per heavy atom. The number of H-pyrrole nitrogens is 1. The largest absolute Gasteiger partial charge is 0.476 e. The third kappa shape index (κ3) is 2.26. The van der Waals surface area contributed by atoms with E-state index in [-0.39, 0.29) is 5.69 Å². The highest BCUT2D eigenvalue weighted by Crippen LogP contribution is 2.37. The van der Waals surface area contributed by atoms with Crippen LogP contribution in [0.1, 0.15) is 16.1 Å². The van der Waals surface area contributed by atoms with E-state index in [0.717, 1.165) is 22.0 Å². The van der Waals surface area contributed by atoms with Crippen molar-refractivity contribution in [1.82, 2.24) is 20.2 Å². The fraction of sp³-hybridized carbons (Fsp3) is 0.0588. The van der Waals surface area contributed by atoms with Gasteiger partial charge in [0.1, 0.15) is 10.7 Å². The van der Waals surface area contributed by atoms with Crippen molar-refractivity contribution in [3.05, 3.63) is 54.0 Å². The van der Waals surface area contributed by atoms with E-state index in [9.17, 15) is 9.90 Å². The van der Waals surface area contributed by atoms with E-state index in [1.807, 2.05) is 31.2 Å². The molecule has 1 aromatic carbocycles. The quantitative estimate of drug-likeness (QED) is 0.594. The number of carboxylic acids is 1. The molecule has 0 radical (unpaired) electrons. The SMILES string of the molecule is Cc1cccc2c(-c3nc(C(=O)O)c(-c4cccnc4)s3)n[nH]c12. The van der Waals surface area contributed by atoms with Gasteiger partial charge in [-0.1, -0.05) is 24.3 Å². The van der Waals surface area contributed by atoms with E-state index in [1.54, 1.807) is 18.5 Å². The summed E-state index contributed by atoms with van der Waals surface area (Å²) in [4.78, 5) is 20.5. The molecule has 0 amide bonds. The van der Waals surface area contributed by atoms with Gasteiger partial charge in [0.25, 0.3) is 0 Å². The van der Waals surface area contributed by atoms with Gasteiger partial charge in [-0.2, -0.15) is 5.10 Å². The molecule has 0 fully saturated rings. The van der Waals surface area contributed by atoms with Crippen LogP contribution in [0.4, 0.5) is 0 Å². The third-order valence-corrected chi connectivity index (χ3v) is 4.87. The van der Waals surface area contributed by atoms with Crippen LogP contribution < -0.4 is 0 Å². The maximum absolute atomic E-state index is 11.6. The highest BCUT2D eigenvalue weighted by molar-refractivity contribution is 7.18. The lowest BCUT2D eigenvalue weighted by Gasteiger charge is -1.96. The minimum atomic E-state index is -1.06. The fourth-order valence-electron chi connectivity index (χ4n) is 2.61. The van der Waals surface area contributed by atoms with Gasteiger partial charge in [0.2, 0.25) is 0 Å².